The summed E-state index contributed by atoms with van der Waals surface area (Å²) in [6.07, 6.45) is 0. The van der Waals surface area contributed by atoms with Crippen molar-refractivity contribution in [3.05, 3.63) is 59.0 Å². The van der Waals surface area contributed by atoms with Crippen molar-refractivity contribution in [3.63, 3.8) is 0 Å². The Morgan fingerprint density at radius 2 is 1.82 bits per heavy atom. The lowest BCUT2D eigenvalue weighted by Gasteiger charge is -2.19. The molecular weight excluding hydrogens is 376 g/mol. The van der Waals surface area contributed by atoms with E-state index in [1.807, 2.05) is 37.2 Å². The molecule has 0 aliphatic carbocycles. The Hall–Kier alpha value is -2.77. The highest BCUT2D eigenvalue weighted by molar-refractivity contribution is 8.04. The van der Waals surface area contributed by atoms with Crippen molar-refractivity contribution in [1.29, 1.82) is 0 Å². The van der Waals surface area contributed by atoms with Gasteiger partial charge in [-0.3, -0.25) is 9.59 Å². The third kappa shape index (κ3) is 3.63. The van der Waals surface area contributed by atoms with E-state index in [1.165, 1.54) is 23.8 Å². The van der Waals surface area contributed by atoms with Crippen LogP contribution in [0.5, 0.6) is 5.75 Å². The Morgan fingerprint density at radius 1 is 1.07 bits per heavy atom. The summed E-state index contributed by atoms with van der Waals surface area (Å²) in [5.41, 5.74) is 2.26. The number of aliphatic hydroxyl groups excluding tert-OH is 1. The average molecular weight is 398 g/mol. The maximum atomic E-state index is 13.3. The summed E-state index contributed by atoms with van der Waals surface area (Å²) in [6.45, 7) is -0.0923. The highest BCUT2D eigenvalue weighted by Crippen LogP contribution is 2.41. The van der Waals surface area contributed by atoms with Gasteiger partial charge in [0.1, 0.15) is 5.75 Å². The number of methoxy groups -OCH3 is 1. The lowest BCUT2D eigenvalue weighted by Crippen LogP contribution is -2.31. The van der Waals surface area contributed by atoms with Gasteiger partial charge in [-0.1, -0.05) is 24.3 Å². The maximum Gasteiger partial charge on any atom is 0.272 e. The van der Waals surface area contributed by atoms with E-state index < -0.39 is 5.91 Å². The number of imide groups is 1. The molecule has 28 heavy (non-hydrogen) atoms. The van der Waals surface area contributed by atoms with Crippen LogP contribution in [-0.4, -0.2) is 50.5 Å². The number of ether oxygens (including phenoxy) is 1. The molecule has 0 bridgehead atoms. The van der Waals surface area contributed by atoms with Crippen molar-refractivity contribution in [2.45, 2.75) is 0 Å². The normalized spacial score (nSPS) is 14.1. The number of hydrogen-bond acceptors (Lipinski definition) is 6. The molecule has 2 amide bonds. The molecule has 0 aromatic heterocycles. The van der Waals surface area contributed by atoms with Crippen LogP contribution in [0.2, 0.25) is 0 Å². The van der Waals surface area contributed by atoms with Gasteiger partial charge in [-0.15, -0.1) is 11.8 Å². The van der Waals surface area contributed by atoms with Gasteiger partial charge in [0.2, 0.25) is 0 Å². The van der Waals surface area contributed by atoms with Crippen molar-refractivity contribution in [3.8, 4) is 5.75 Å². The molecule has 6 nitrogen and oxygen atoms in total. The molecule has 0 atom stereocenters. The topological polar surface area (TPSA) is 70.1 Å². The quantitative estimate of drug-likeness (QED) is 0.724. The summed E-state index contributed by atoms with van der Waals surface area (Å²) in [6, 6.07) is 14.4. The van der Waals surface area contributed by atoms with Gasteiger partial charge in [-0.2, -0.15) is 0 Å². The molecule has 3 rings (SSSR count). The van der Waals surface area contributed by atoms with Gasteiger partial charge in [0.25, 0.3) is 11.8 Å². The lowest BCUT2D eigenvalue weighted by atomic mass is 10.0. The Labute approximate surface area is 168 Å². The van der Waals surface area contributed by atoms with Crippen LogP contribution in [0.15, 0.2) is 53.4 Å². The number of hydrogen-bond donors (Lipinski definition) is 1. The van der Waals surface area contributed by atoms with Crippen LogP contribution in [0.3, 0.4) is 0 Å². The van der Waals surface area contributed by atoms with Gasteiger partial charge >= 0.3 is 0 Å². The average Bonchev–Trinajstić information content (AvgIpc) is 2.95. The molecule has 1 aliphatic rings. The fourth-order valence-electron chi connectivity index (χ4n) is 3.02. The number of aliphatic hydroxyl groups is 1. The second kappa shape index (κ2) is 8.50. The van der Waals surface area contributed by atoms with Crippen molar-refractivity contribution in [2.24, 2.45) is 0 Å². The Bertz CT molecular complexity index is 940. The third-order valence-electron chi connectivity index (χ3n) is 4.36. The molecule has 0 radical (unpaired) electrons. The van der Waals surface area contributed by atoms with E-state index in [0.29, 0.717) is 33.2 Å². The second-order valence-corrected chi connectivity index (χ2v) is 7.44. The number of thioether (sulfide) groups is 1. The number of para-hydroxylation sites is 1. The number of carbonyl (C=O) groups is 2. The van der Waals surface area contributed by atoms with Crippen LogP contribution in [0.4, 0.5) is 11.4 Å². The zero-order valence-corrected chi connectivity index (χ0v) is 16.8. The minimum absolute atomic E-state index is 0.0923. The first kappa shape index (κ1) is 20.0. The second-order valence-electron chi connectivity index (χ2n) is 6.34. The molecule has 0 saturated carbocycles. The van der Waals surface area contributed by atoms with Gasteiger partial charge in [0.15, 0.2) is 0 Å². The standard InChI is InChI=1S/C21H22N2O4S/c1-22(2)14-7-6-8-15(13-14)23-20(25)18(19(21(23)26)28-12-11-24)16-9-4-5-10-17(16)27-3/h4-10,13,24H,11-12H2,1-3H3. The molecule has 1 heterocycles. The molecule has 0 saturated heterocycles. The molecule has 0 spiro atoms. The van der Waals surface area contributed by atoms with Gasteiger partial charge in [-0.25, -0.2) is 4.90 Å². The van der Waals surface area contributed by atoms with E-state index in [1.54, 1.807) is 30.3 Å². The summed E-state index contributed by atoms with van der Waals surface area (Å²) in [7, 11) is 5.32. The zero-order valence-electron chi connectivity index (χ0n) is 16.0. The molecule has 0 unspecified atom stereocenters. The highest BCUT2D eigenvalue weighted by Gasteiger charge is 2.41. The lowest BCUT2D eigenvalue weighted by molar-refractivity contribution is -0.119. The number of amides is 2. The first-order valence-electron chi connectivity index (χ1n) is 8.77. The summed E-state index contributed by atoms with van der Waals surface area (Å²) in [5, 5.41) is 9.23. The number of carbonyl (C=O) groups excluding carboxylic acids is 2. The minimum atomic E-state index is -0.397. The van der Waals surface area contributed by atoms with Crippen molar-refractivity contribution in [1.82, 2.24) is 0 Å². The SMILES string of the molecule is COc1ccccc1C1=C(SCCO)C(=O)N(c2cccc(N(C)C)c2)C1=O. The highest BCUT2D eigenvalue weighted by atomic mass is 32.2. The predicted molar refractivity (Wildman–Crippen MR) is 113 cm³/mol. The van der Waals surface area contributed by atoms with E-state index in [4.69, 9.17) is 4.74 Å². The van der Waals surface area contributed by atoms with Gasteiger partial charge in [0, 0.05) is 31.1 Å². The van der Waals surface area contributed by atoms with E-state index in [2.05, 4.69) is 0 Å². The van der Waals surface area contributed by atoms with Gasteiger partial charge in [-0.05, 0) is 24.3 Å². The van der Waals surface area contributed by atoms with E-state index in [0.717, 1.165) is 5.69 Å². The molecular formula is C21H22N2O4S. The zero-order chi connectivity index (χ0) is 20.3. The van der Waals surface area contributed by atoms with Crippen LogP contribution >= 0.6 is 11.8 Å². The Balaban J connectivity index is 2.11. The number of rotatable bonds is 7. The molecule has 1 aliphatic heterocycles. The minimum Gasteiger partial charge on any atom is -0.496 e. The van der Waals surface area contributed by atoms with E-state index in [9.17, 15) is 14.7 Å². The van der Waals surface area contributed by atoms with Crippen molar-refractivity contribution in [2.75, 3.05) is 43.4 Å². The van der Waals surface area contributed by atoms with Crippen molar-refractivity contribution < 1.29 is 19.4 Å². The Kier molecular flexibility index (Phi) is 6.06. The van der Waals surface area contributed by atoms with E-state index in [-0.39, 0.29) is 12.5 Å². The third-order valence-corrected chi connectivity index (χ3v) is 5.41. The fraction of sp³-hybridized carbons (Fsp3) is 0.238. The summed E-state index contributed by atoms with van der Waals surface area (Å²) >= 11 is 1.18. The van der Waals surface area contributed by atoms with Crippen LogP contribution < -0.4 is 14.5 Å². The summed E-state index contributed by atoms with van der Waals surface area (Å²) < 4.78 is 5.40. The smallest absolute Gasteiger partial charge is 0.272 e. The largest absolute Gasteiger partial charge is 0.496 e. The van der Waals surface area contributed by atoms with Crippen LogP contribution in [-0.2, 0) is 9.59 Å². The molecule has 146 valence electrons. The summed E-state index contributed by atoms with van der Waals surface area (Å²) in [5.74, 6) is 0.0502. The monoisotopic (exact) mass is 398 g/mol. The Morgan fingerprint density at radius 3 is 2.50 bits per heavy atom. The van der Waals surface area contributed by atoms with E-state index >= 15 is 0 Å². The maximum absolute atomic E-state index is 13.3. The molecule has 0 fully saturated rings. The fourth-order valence-corrected chi connectivity index (χ4v) is 3.88. The first-order chi connectivity index (χ1) is 13.5. The number of nitrogens with zero attached hydrogens (tertiary/aromatic N) is 2. The molecule has 1 N–H and O–H groups in total. The molecule has 2 aromatic carbocycles. The van der Waals surface area contributed by atoms with Crippen LogP contribution in [0.25, 0.3) is 5.57 Å². The predicted octanol–water partition coefficient (Wildman–Crippen LogP) is 2.77. The van der Waals surface area contributed by atoms with Gasteiger partial charge in [0.05, 0.1) is 29.9 Å². The number of anilines is 2. The molecule has 7 heteroatoms. The van der Waals surface area contributed by atoms with Gasteiger partial charge < -0.3 is 14.7 Å². The first-order valence-corrected chi connectivity index (χ1v) is 9.75. The molecule has 2 aromatic rings. The van der Waals surface area contributed by atoms with Crippen LogP contribution in [0.1, 0.15) is 5.56 Å². The summed E-state index contributed by atoms with van der Waals surface area (Å²) in [4.78, 5) is 29.9. The van der Waals surface area contributed by atoms with Crippen LogP contribution in [0, 0.1) is 0 Å². The van der Waals surface area contributed by atoms with Crippen molar-refractivity contribution >= 4 is 40.5 Å². The number of benzene rings is 2.